The molecule has 0 saturated carbocycles. The number of carbonyl (C=O) groups is 1. The van der Waals surface area contributed by atoms with E-state index in [2.05, 4.69) is 21.0 Å². The molecular formula is C9H10BrF2N3O3. The Balaban J connectivity index is 2.01. The molecule has 1 N–H and O–H groups in total. The average Bonchev–Trinajstić information content (AvgIpc) is 2.87. The van der Waals surface area contributed by atoms with Crippen molar-refractivity contribution in [2.75, 3.05) is 13.1 Å². The van der Waals surface area contributed by atoms with E-state index in [1.807, 2.05) is 0 Å². The van der Waals surface area contributed by atoms with Crippen LogP contribution in [0, 0.1) is 0 Å². The van der Waals surface area contributed by atoms with E-state index in [4.69, 9.17) is 9.84 Å². The van der Waals surface area contributed by atoms with Crippen molar-refractivity contribution in [1.29, 1.82) is 0 Å². The number of hydrogen-bond acceptors (Lipinski definition) is 3. The van der Waals surface area contributed by atoms with Crippen LogP contribution in [0.25, 0.3) is 0 Å². The molecule has 1 saturated heterocycles. The van der Waals surface area contributed by atoms with Gasteiger partial charge in [-0.05, 0) is 15.9 Å². The van der Waals surface area contributed by atoms with Gasteiger partial charge in [0.1, 0.15) is 6.10 Å². The maximum Gasteiger partial charge on any atom is 0.407 e. The molecule has 1 fully saturated rings. The quantitative estimate of drug-likeness (QED) is 0.924. The molecule has 1 unspecified atom stereocenters. The highest BCUT2D eigenvalue weighted by atomic mass is 79.9. The van der Waals surface area contributed by atoms with E-state index in [1.54, 1.807) is 0 Å². The van der Waals surface area contributed by atoms with Crippen molar-refractivity contribution in [3.63, 3.8) is 0 Å². The topological polar surface area (TPSA) is 67.6 Å². The predicted molar refractivity (Wildman–Crippen MR) is 59.8 cm³/mol. The van der Waals surface area contributed by atoms with Crippen LogP contribution in [0.15, 0.2) is 10.8 Å². The molecule has 2 heterocycles. The van der Waals surface area contributed by atoms with Crippen LogP contribution in [0.2, 0.25) is 0 Å². The van der Waals surface area contributed by atoms with Crippen LogP contribution in [-0.2, 0) is 0 Å². The van der Waals surface area contributed by atoms with E-state index in [-0.39, 0.29) is 23.0 Å². The first-order valence-corrected chi connectivity index (χ1v) is 5.94. The first-order chi connectivity index (χ1) is 8.49. The van der Waals surface area contributed by atoms with Crippen molar-refractivity contribution in [3.05, 3.63) is 10.8 Å². The first kappa shape index (κ1) is 13.1. The zero-order valence-electron chi connectivity index (χ0n) is 9.09. The number of amides is 1. The molecule has 0 bridgehead atoms. The summed E-state index contributed by atoms with van der Waals surface area (Å²) in [5, 5.41) is 12.3. The smallest absolute Gasteiger partial charge is 0.407 e. The highest BCUT2D eigenvalue weighted by Crippen LogP contribution is 2.30. The lowest BCUT2D eigenvalue weighted by Crippen LogP contribution is -2.29. The van der Waals surface area contributed by atoms with Gasteiger partial charge in [0.2, 0.25) is 0 Å². The monoisotopic (exact) mass is 325 g/mol. The number of halogens is 3. The van der Waals surface area contributed by atoms with Crippen molar-refractivity contribution >= 4 is 22.0 Å². The van der Waals surface area contributed by atoms with Crippen LogP contribution in [0.1, 0.15) is 13.0 Å². The zero-order valence-corrected chi connectivity index (χ0v) is 10.7. The molecule has 1 amide bonds. The molecule has 1 aromatic heterocycles. The van der Waals surface area contributed by atoms with Crippen molar-refractivity contribution < 1.29 is 23.4 Å². The summed E-state index contributed by atoms with van der Waals surface area (Å²) in [4.78, 5) is 11.9. The third-order valence-corrected chi connectivity index (χ3v) is 3.35. The third-order valence-electron chi connectivity index (χ3n) is 2.60. The number of likely N-dealkylation sites (tertiary alicyclic amines) is 1. The highest BCUT2D eigenvalue weighted by Gasteiger charge is 2.28. The van der Waals surface area contributed by atoms with Gasteiger partial charge in [-0.15, -0.1) is 0 Å². The molecule has 1 aliphatic rings. The molecule has 0 radical (unpaired) electrons. The fourth-order valence-electron chi connectivity index (χ4n) is 1.72. The fourth-order valence-corrected chi connectivity index (χ4v) is 2.17. The second kappa shape index (κ2) is 5.09. The Morgan fingerprint density at radius 2 is 2.39 bits per heavy atom. The highest BCUT2D eigenvalue weighted by molar-refractivity contribution is 9.10. The van der Waals surface area contributed by atoms with Gasteiger partial charge in [0.25, 0.3) is 0 Å². The Bertz CT molecular complexity index is 454. The second-order valence-corrected chi connectivity index (χ2v) is 4.53. The van der Waals surface area contributed by atoms with Crippen LogP contribution in [0.4, 0.5) is 13.6 Å². The molecule has 0 aliphatic carbocycles. The molecule has 1 atom stereocenters. The Morgan fingerprint density at radius 1 is 1.67 bits per heavy atom. The standard InChI is InChI=1S/C9H10BrF2N3O3/c10-7-6(3-13-15(7)8(11)12)18-5-1-2-14(4-5)9(16)17/h3,5,8H,1-2,4H2,(H,16,17). The lowest BCUT2D eigenvalue weighted by atomic mass is 10.3. The van der Waals surface area contributed by atoms with Gasteiger partial charge in [0.05, 0.1) is 12.7 Å². The Kier molecular flexibility index (Phi) is 3.69. The second-order valence-electron chi connectivity index (χ2n) is 3.78. The van der Waals surface area contributed by atoms with Crippen LogP contribution in [-0.4, -0.2) is 45.1 Å². The van der Waals surface area contributed by atoms with E-state index in [1.165, 1.54) is 11.1 Å². The fraction of sp³-hybridized carbons (Fsp3) is 0.556. The molecule has 0 spiro atoms. The molecular weight excluding hydrogens is 316 g/mol. The molecule has 2 rings (SSSR count). The van der Waals surface area contributed by atoms with Gasteiger partial charge >= 0.3 is 12.6 Å². The summed E-state index contributed by atoms with van der Waals surface area (Å²) in [6.45, 7) is -2.15. The van der Waals surface area contributed by atoms with Crippen molar-refractivity contribution in [3.8, 4) is 5.75 Å². The average molecular weight is 326 g/mol. The van der Waals surface area contributed by atoms with Crippen molar-refractivity contribution in [1.82, 2.24) is 14.7 Å². The maximum absolute atomic E-state index is 12.5. The van der Waals surface area contributed by atoms with E-state index >= 15 is 0 Å². The van der Waals surface area contributed by atoms with Gasteiger partial charge in [-0.3, -0.25) is 0 Å². The van der Waals surface area contributed by atoms with Crippen LogP contribution in [0.3, 0.4) is 0 Å². The molecule has 9 heteroatoms. The summed E-state index contributed by atoms with van der Waals surface area (Å²) in [6.07, 6.45) is 0.356. The number of hydrogen-bond donors (Lipinski definition) is 1. The summed E-state index contributed by atoms with van der Waals surface area (Å²) < 4.78 is 30.9. The van der Waals surface area contributed by atoms with Crippen LogP contribution in [0.5, 0.6) is 5.75 Å². The van der Waals surface area contributed by atoms with E-state index in [0.717, 1.165) is 0 Å². The Labute approximate surface area is 109 Å². The minimum Gasteiger partial charge on any atom is -0.484 e. The SMILES string of the molecule is O=C(O)N1CCC(Oc2cnn(C(F)F)c2Br)C1. The maximum atomic E-state index is 12.5. The molecule has 18 heavy (non-hydrogen) atoms. The number of ether oxygens (including phenoxy) is 1. The number of carboxylic acid groups (broad SMARTS) is 1. The lowest BCUT2D eigenvalue weighted by molar-refractivity contribution is 0.0534. The minimum absolute atomic E-state index is 0.0475. The Hall–Kier alpha value is -1.38. The number of aromatic nitrogens is 2. The lowest BCUT2D eigenvalue weighted by Gasteiger charge is -2.13. The molecule has 0 aromatic carbocycles. The molecule has 100 valence electrons. The van der Waals surface area contributed by atoms with Gasteiger partial charge in [0.15, 0.2) is 10.4 Å². The number of rotatable bonds is 3. The van der Waals surface area contributed by atoms with Gasteiger partial charge in [-0.1, -0.05) is 0 Å². The summed E-state index contributed by atoms with van der Waals surface area (Å²) in [5.74, 6) is 0.188. The molecule has 1 aliphatic heterocycles. The first-order valence-electron chi connectivity index (χ1n) is 5.14. The van der Waals surface area contributed by atoms with E-state index < -0.39 is 12.6 Å². The van der Waals surface area contributed by atoms with E-state index in [0.29, 0.717) is 17.6 Å². The van der Waals surface area contributed by atoms with Gasteiger partial charge < -0.3 is 14.7 Å². The minimum atomic E-state index is -2.75. The summed E-state index contributed by atoms with van der Waals surface area (Å²) in [6, 6.07) is 0. The Morgan fingerprint density at radius 3 is 2.89 bits per heavy atom. The van der Waals surface area contributed by atoms with Crippen LogP contribution >= 0.6 is 15.9 Å². The summed E-state index contributed by atoms with van der Waals surface area (Å²) in [5.41, 5.74) is 0. The van der Waals surface area contributed by atoms with Crippen LogP contribution < -0.4 is 4.74 Å². The summed E-state index contributed by atoms with van der Waals surface area (Å²) in [7, 11) is 0. The zero-order chi connectivity index (χ0) is 13.3. The van der Waals surface area contributed by atoms with Crippen molar-refractivity contribution in [2.45, 2.75) is 19.1 Å². The normalized spacial score (nSPS) is 19.6. The largest absolute Gasteiger partial charge is 0.484 e. The van der Waals surface area contributed by atoms with Gasteiger partial charge in [-0.2, -0.15) is 18.6 Å². The predicted octanol–water partition coefficient (Wildman–Crippen LogP) is 2.17. The van der Waals surface area contributed by atoms with E-state index in [9.17, 15) is 13.6 Å². The van der Waals surface area contributed by atoms with Gasteiger partial charge in [0, 0.05) is 13.0 Å². The third kappa shape index (κ3) is 2.55. The van der Waals surface area contributed by atoms with Crippen molar-refractivity contribution in [2.24, 2.45) is 0 Å². The number of nitrogens with zero attached hydrogens (tertiary/aromatic N) is 3. The molecule has 6 nitrogen and oxygen atoms in total. The number of alkyl halides is 2. The molecule has 1 aromatic rings. The summed E-state index contributed by atoms with van der Waals surface area (Å²) >= 11 is 2.97. The van der Waals surface area contributed by atoms with Gasteiger partial charge in [-0.25, -0.2) is 4.79 Å².